The van der Waals surface area contributed by atoms with Crippen molar-refractivity contribution in [3.8, 4) is 0 Å². The van der Waals surface area contributed by atoms with Crippen molar-refractivity contribution in [1.29, 1.82) is 0 Å². The van der Waals surface area contributed by atoms with E-state index in [1.807, 2.05) is 12.4 Å². The quantitative estimate of drug-likeness (QED) is 0.408. The van der Waals surface area contributed by atoms with Crippen LogP contribution in [0.4, 0.5) is 11.4 Å². The average molecular weight is 377 g/mol. The standard InChI is InChI=1S/C15H20N8S2/c1-3-5-16-14(24)20-12-7-18-22(9-12)11-23-10-13(8-19-23)21-15(25)17-6-4-2/h3-4,7-10H,1-2,5-6,11H2,(H2,16,20,24)(H2,17,21,25). The van der Waals surface area contributed by atoms with E-state index in [4.69, 9.17) is 24.4 Å². The van der Waals surface area contributed by atoms with E-state index in [0.717, 1.165) is 11.4 Å². The van der Waals surface area contributed by atoms with Crippen molar-refractivity contribution in [3.63, 3.8) is 0 Å². The highest BCUT2D eigenvalue weighted by Crippen LogP contribution is 2.07. The number of rotatable bonds is 8. The fourth-order valence-electron chi connectivity index (χ4n) is 1.84. The van der Waals surface area contributed by atoms with E-state index in [1.54, 1.807) is 33.9 Å². The van der Waals surface area contributed by atoms with Gasteiger partial charge in [-0.25, -0.2) is 9.36 Å². The van der Waals surface area contributed by atoms with Crippen molar-refractivity contribution < 1.29 is 0 Å². The average Bonchev–Trinajstić information content (AvgIpc) is 3.21. The summed E-state index contributed by atoms with van der Waals surface area (Å²) in [5, 5.41) is 21.7. The first-order chi connectivity index (χ1) is 12.1. The van der Waals surface area contributed by atoms with Gasteiger partial charge in [0.15, 0.2) is 10.2 Å². The Kier molecular flexibility index (Phi) is 7.11. The van der Waals surface area contributed by atoms with Crippen LogP contribution in [0, 0.1) is 0 Å². The smallest absolute Gasteiger partial charge is 0.171 e. The van der Waals surface area contributed by atoms with E-state index in [0.29, 0.717) is 30.0 Å². The summed E-state index contributed by atoms with van der Waals surface area (Å²) in [7, 11) is 0. The summed E-state index contributed by atoms with van der Waals surface area (Å²) in [6, 6.07) is 0. The van der Waals surface area contributed by atoms with Crippen LogP contribution in [-0.2, 0) is 6.67 Å². The van der Waals surface area contributed by atoms with Gasteiger partial charge in [0.2, 0.25) is 0 Å². The van der Waals surface area contributed by atoms with Gasteiger partial charge in [-0.2, -0.15) is 10.2 Å². The van der Waals surface area contributed by atoms with Gasteiger partial charge in [-0.15, -0.1) is 13.2 Å². The Balaban J connectivity index is 1.86. The van der Waals surface area contributed by atoms with Gasteiger partial charge < -0.3 is 21.3 Å². The fourth-order valence-corrected chi connectivity index (χ4v) is 2.24. The molecule has 0 aromatic carbocycles. The molecule has 0 radical (unpaired) electrons. The monoisotopic (exact) mass is 376 g/mol. The van der Waals surface area contributed by atoms with E-state index < -0.39 is 0 Å². The summed E-state index contributed by atoms with van der Waals surface area (Å²) in [4.78, 5) is 0. The molecule has 0 fully saturated rings. The SMILES string of the molecule is C=CCNC(=S)Nc1cnn(Cn2cc(NC(=S)NCC=C)cn2)c1. The van der Waals surface area contributed by atoms with Gasteiger partial charge in [0.25, 0.3) is 0 Å². The third-order valence-electron chi connectivity index (χ3n) is 2.89. The van der Waals surface area contributed by atoms with Gasteiger partial charge in [-0.1, -0.05) is 12.2 Å². The lowest BCUT2D eigenvalue weighted by Gasteiger charge is -2.06. The van der Waals surface area contributed by atoms with Gasteiger partial charge in [0, 0.05) is 13.1 Å². The Hall–Kier alpha value is -2.72. The molecule has 8 nitrogen and oxygen atoms in total. The summed E-state index contributed by atoms with van der Waals surface area (Å²) in [6.07, 6.45) is 10.5. The Morgan fingerprint density at radius 2 is 1.36 bits per heavy atom. The molecule has 2 heterocycles. The zero-order chi connectivity index (χ0) is 18.1. The third kappa shape index (κ3) is 6.36. The molecule has 132 valence electrons. The number of thiocarbonyl (C=S) groups is 2. The van der Waals surface area contributed by atoms with E-state index in [2.05, 4.69) is 44.6 Å². The second-order valence-corrected chi connectivity index (χ2v) is 5.74. The summed E-state index contributed by atoms with van der Waals surface area (Å²) in [5.74, 6) is 0. The lowest BCUT2D eigenvalue weighted by molar-refractivity contribution is 0.503. The molecule has 0 atom stereocenters. The molecular weight excluding hydrogens is 356 g/mol. The zero-order valence-electron chi connectivity index (χ0n) is 13.6. The fraction of sp³-hybridized carbons (Fsp3) is 0.200. The van der Waals surface area contributed by atoms with E-state index in [1.165, 1.54) is 0 Å². The molecule has 0 spiro atoms. The Bertz CT molecular complexity index is 686. The van der Waals surface area contributed by atoms with E-state index in [-0.39, 0.29) is 0 Å². The molecule has 0 unspecified atom stereocenters. The van der Waals surface area contributed by atoms with Crippen LogP contribution in [0.15, 0.2) is 50.1 Å². The second-order valence-electron chi connectivity index (χ2n) is 4.93. The van der Waals surface area contributed by atoms with Crippen LogP contribution >= 0.6 is 24.4 Å². The number of aromatic nitrogens is 4. The van der Waals surface area contributed by atoms with Crippen molar-refractivity contribution in [2.24, 2.45) is 0 Å². The third-order valence-corrected chi connectivity index (χ3v) is 3.38. The molecule has 2 rings (SSSR count). The summed E-state index contributed by atoms with van der Waals surface area (Å²) < 4.78 is 3.48. The Morgan fingerprint density at radius 3 is 1.76 bits per heavy atom. The van der Waals surface area contributed by atoms with Crippen LogP contribution in [0.3, 0.4) is 0 Å². The normalized spacial score (nSPS) is 9.92. The molecule has 0 saturated heterocycles. The molecule has 0 aliphatic carbocycles. The van der Waals surface area contributed by atoms with Gasteiger partial charge in [0.1, 0.15) is 6.67 Å². The largest absolute Gasteiger partial charge is 0.359 e. The minimum atomic E-state index is 0.461. The number of nitrogens with zero attached hydrogens (tertiary/aromatic N) is 4. The predicted molar refractivity (Wildman–Crippen MR) is 109 cm³/mol. The van der Waals surface area contributed by atoms with Crippen LogP contribution < -0.4 is 21.3 Å². The first-order valence-electron chi connectivity index (χ1n) is 7.47. The van der Waals surface area contributed by atoms with Crippen LogP contribution in [0.25, 0.3) is 0 Å². The van der Waals surface area contributed by atoms with Crippen molar-refractivity contribution in [3.05, 3.63) is 50.1 Å². The predicted octanol–water partition coefficient (Wildman–Crippen LogP) is 1.53. The van der Waals surface area contributed by atoms with Crippen molar-refractivity contribution in [1.82, 2.24) is 30.2 Å². The van der Waals surface area contributed by atoms with Crippen LogP contribution in [-0.4, -0.2) is 42.9 Å². The first-order valence-corrected chi connectivity index (χ1v) is 8.28. The van der Waals surface area contributed by atoms with Crippen LogP contribution in [0.5, 0.6) is 0 Å². The van der Waals surface area contributed by atoms with E-state index >= 15 is 0 Å². The molecule has 0 aliphatic heterocycles. The molecule has 4 N–H and O–H groups in total. The highest BCUT2D eigenvalue weighted by atomic mass is 32.1. The molecular formula is C15H20N8S2. The van der Waals surface area contributed by atoms with Crippen molar-refractivity contribution >= 4 is 46.0 Å². The van der Waals surface area contributed by atoms with Gasteiger partial charge in [-0.3, -0.25) is 0 Å². The van der Waals surface area contributed by atoms with Gasteiger partial charge >= 0.3 is 0 Å². The highest BCUT2D eigenvalue weighted by Gasteiger charge is 2.04. The summed E-state index contributed by atoms with van der Waals surface area (Å²) in [6.45, 7) is 8.92. The topological polar surface area (TPSA) is 83.8 Å². The summed E-state index contributed by atoms with van der Waals surface area (Å²) in [5.41, 5.74) is 1.59. The molecule has 25 heavy (non-hydrogen) atoms. The highest BCUT2D eigenvalue weighted by molar-refractivity contribution is 7.80. The van der Waals surface area contributed by atoms with Crippen molar-refractivity contribution in [2.45, 2.75) is 6.67 Å². The number of hydrogen-bond acceptors (Lipinski definition) is 4. The Morgan fingerprint density at radius 1 is 0.920 bits per heavy atom. The second kappa shape index (κ2) is 9.55. The molecule has 0 bridgehead atoms. The molecule has 2 aromatic rings. The maximum absolute atomic E-state index is 5.16. The molecule has 0 saturated carbocycles. The Labute approximate surface area is 157 Å². The van der Waals surface area contributed by atoms with Crippen LogP contribution in [0.1, 0.15) is 0 Å². The maximum atomic E-state index is 5.16. The molecule has 0 aliphatic rings. The number of hydrogen-bond donors (Lipinski definition) is 4. The minimum absolute atomic E-state index is 0.461. The maximum Gasteiger partial charge on any atom is 0.171 e. The number of anilines is 2. The number of nitrogens with one attached hydrogen (secondary N) is 4. The minimum Gasteiger partial charge on any atom is -0.359 e. The molecule has 2 aromatic heterocycles. The molecule has 10 heteroatoms. The zero-order valence-corrected chi connectivity index (χ0v) is 15.2. The van der Waals surface area contributed by atoms with Gasteiger partial charge in [0.05, 0.1) is 36.2 Å². The lowest BCUT2D eigenvalue weighted by Crippen LogP contribution is -2.28. The van der Waals surface area contributed by atoms with E-state index in [9.17, 15) is 0 Å². The lowest BCUT2D eigenvalue weighted by atomic mass is 10.5. The molecule has 0 amide bonds. The van der Waals surface area contributed by atoms with Crippen LogP contribution in [0.2, 0.25) is 0 Å². The first kappa shape index (κ1) is 18.6. The van der Waals surface area contributed by atoms with Crippen molar-refractivity contribution in [2.75, 3.05) is 23.7 Å². The van der Waals surface area contributed by atoms with Gasteiger partial charge in [-0.05, 0) is 24.4 Å². The summed E-state index contributed by atoms with van der Waals surface area (Å²) >= 11 is 10.3.